The highest BCUT2D eigenvalue weighted by Gasteiger charge is 2.26. The van der Waals surface area contributed by atoms with Crippen LogP contribution in [0.25, 0.3) is 0 Å². The summed E-state index contributed by atoms with van der Waals surface area (Å²) in [7, 11) is 0. The van der Waals surface area contributed by atoms with Gasteiger partial charge in [0.25, 0.3) is 0 Å². The molecule has 2 aliphatic heterocycles. The van der Waals surface area contributed by atoms with Crippen LogP contribution in [0.3, 0.4) is 0 Å². The Morgan fingerprint density at radius 1 is 1.37 bits per heavy atom. The van der Waals surface area contributed by atoms with Crippen molar-refractivity contribution in [1.82, 2.24) is 19.8 Å². The molecule has 1 aromatic heterocycles. The topological polar surface area (TPSA) is 33.1 Å². The van der Waals surface area contributed by atoms with Crippen LogP contribution in [-0.2, 0) is 25.9 Å². The van der Waals surface area contributed by atoms with Gasteiger partial charge in [0.05, 0.1) is 5.69 Å². The minimum absolute atomic E-state index is 0.725. The quantitative estimate of drug-likeness (QED) is 0.894. The number of aryl methyl sites for hydroxylation is 1. The van der Waals surface area contributed by atoms with Gasteiger partial charge < -0.3 is 9.88 Å². The molecule has 1 unspecified atom stereocenters. The summed E-state index contributed by atoms with van der Waals surface area (Å²) in [4.78, 5) is 7.48. The number of likely N-dealkylation sites (tertiary alicyclic amines) is 1. The maximum atomic E-state index is 4.84. The highest BCUT2D eigenvalue weighted by atomic mass is 15.2. The van der Waals surface area contributed by atoms with Crippen LogP contribution >= 0.6 is 0 Å². The molecule has 3 heterocycles. The van der Waals surface area contributed by atoms with Crippen molar-refractivity contribution < 1.29 is 0 Å². The van der Waals surface area contributed by atoms with Crippen LogP contribution in [0.2, 0.25) is 0 Å². The fourth-order valence-corrected chi connectivity index (χ4v) is 3.64. The first-order valence-corrected chi connectivity index (χ1v) is 7.85. The zero-order valence-corrected chi connectivity index (χ0v) is 12.3. The number of fused-ring (bicyclic) bond motifs is 1. The van der Waals surface area contributed by atoms with Crippen molar-refractivity contribution in [2.45, 2.75) is 58.7 Å². The zero-order valence-electron chi connectivity index (χ0n) is 12.3. The molecule has 0 radical (unpaired) electrons. The largest absolute Gasteiger partial charge is 0.330 e. The van der Waals surface area contributed by atoms with Crippen LogP contribution in [0.1, 0.15) is 43.9 Å². The number of rotatable bonds is 4. The van der Waals surface area contributed by atoms with Gasteiger partial charge in [-0.25, -0.2) is 4.98 Å². The summed E-state index contributed by atoms with van der Waals surface area (Å²) < 4.78 is 2.54. The molecule has 106 valence electrons. The van der Waals surface area contributed by atoms with E-state index in [0.29, 0.717) is 0 Å². The summed E-state index contributed by atoms with van der Waals surface area (Å²) in [5.41, 5.74) is 2.79. The molecular weight excluding hydrogens is 236 g/mol. The van der Waals surface area contributed by atoms with Gasteiger partial charge in [-0.2, -0.15) is 0 Å². The lowest BCUT2D eigenvalue weighted by Gasteiger charge is -2.25. The fraction of sp³-hybridized carbons (Fsp3) is 0.800. The molecule has 1 fully saturated rings. The second-order valence-corrected chi connectivity index (χ2v) is 5.74. The van der Waals surface area contributed by atoms with Crippen molar-refractivity contribution in [1.29, 1.82) is 0 Å². The Morgan fingerprint density at radius 3 is 3.05 bits per heavy atom. The van der Waals surface area contributed by atoms with Crippen molar-refractivity contribution >= 4 is 0 Å². The minimum Gasteiger partial charge on any atom is -0.330 e. The van der Waals surface area contributed by atoms with Gasteiger partial charge in [-0.05, 0) is 25.9 Å². The maximum absolute atomic E-state index is 4.84. The second-order valence-electron chi connectivity index (χ2n) is 5.74. The molecular formula is C15H26N4. The number of hydrogen-bond donors (Lipinski definition) is 1. The summed E-state index contributed by atoms with van der Waals surface area (Å²) in [6, 6.07) is 0.725. The first-order valence-electron chi connectivity index (χ1n) is 7.85. The Hall–Kier alpha value is -0.870. The maximum Gasteiger partial charge on any atom is 0.109 e. The van der Waals surface area contributed by atoms with Crippen LogP contribution in [-0.4, -0.2) is 40.1 Å². The molecule has 19 heavy (non-hydrogen) atoms. The Morgan fingerprint density at radius 2 is 2.26 bits per heavy atom. The minimum atomic E-state index is 0.725. The average molecular weight is 262 g/mol. The van der Waals surface area contributed by atoms with Crippen molar-refractivity contribution in [3.8, 4) is 0 Å². The van der Waals surface area contributed by atoms with E-state index in [0.717, 1.165) is 38.5 Å². The van der Waals surface area contributed by atoms with E-state index in [9.17, 15) is 0 Å². The van der Waals surface area contributed by atoms with Crippen molar-refractivity contribution in [3.63, 3.8) is 0 Å². The van der Waals surface area contributed by atoms with Crippen LogP contribution in [0.5, 0.6) is 0 Å². The number of imidazole rings is 1. The van der Waals surface area contributed by atoms with E-state index in [1.54, 1.807) is 0 Å². The molecule has 2 aliphatic rings. The van der Waals surface area contributed by atoms with Gasteiger partial charge in [0.15, 0.2) is 0 Å². The first kappa shape index (κ1) is 13.1. The molecule has 0 amide bonds. The van der Waals surface area contributed by atoms with Gasteiger partial charge in [0, 0.05) is 44.2 Å². The standard InChI is InChI=1S/C15H26N4/c1-3-15-17-13-10-16-8-7-14(13)19(15)11-12-6-5-9-18(12)4-2/h12,16H,3-11H2,1-2H3. The predicted molar refractivity (Wildman–Crippen MR) is 77.3 cm³/mol. The number of aromatic nitrogens is 2. The van der Waals surface area contributed by atoms with Gasteiger partial charge in [0.2, 0.25) is 0 Å². The Kier molecular flexibility index (Phi) is 3.89. The van der Waals surface area contributed by atoms with E-state index in [1.165, 1.54) is 43.1 Å². The Bertz CT molecular complexity index is 438. The zero-order chi connectivity index (χ0) is 13.2. The van der Waals surface area contributed by atoms with Crippen LogP contribution in [0.15, 0.2) is 0 Å². The van der Waals surface area contributed by atoms with Gasteiger partial charge in [-0.1, -0.05) is 13.8 Å². The van der Waals surface area contributed by atoms with Crippen molar-refractivity contribution in [3.05, 3.63) is 17.2 Å². The summed E-state index contributed by atoms with van der Waals surface area (Å²) in [5.74, 6) is 1.29. The average Bonchev–Trinajstić information content (AvgIpc) is 3.04. The monoisotopic (exact) mass is 262 g/mol. The van der Waals surface area contributed by atoms with E-state index < -0.39 is 0 Å². The Labute approximate surface area is 116 Å². The molecule has 0 aliphatic carbocycles. The van der Waals surface area contributed by atoms with E-state index >= 15 is 0 Å². The van der Waals surface area contributed by atoms with Crippen LogP contribution in [0, 0.1) is 0 Å². The summed E-state index contributed by atoms with van der Waals surface area (Å²) in [5, 5.41) is 3.43. The molecule has 0 bridgehead atoms. The third-order valence-corrected chi connectivity index (χ3v) is 4.68. The number of nitrogens with zero attached hydrogens (tertiary/aromatic N) is 3. The predicted octanol–water partition coefficient (Wildman–Crippen LogP) is 1.58. The van der Waals surface area contributed by atoms with Crippen LogP contribution < -0.4 is 5.32 Å². The third-order valence-electron chi connectivity index (χ3n) is 4.68. The molecule has 0 spiro atoms. The van der Waals surface area contributed by atoms with E-state index in [2.05, 4.69) is 28.6 Å². The molecule has 4 nitrogen and oxygen atoms in total. The molecule has 1 saturated heterocycles. The summed E-state index contributed by atoms with van der Waals surface area (Å²) >= 11 is 0. The van der Waals surface area contributed by atoms with E-state index in [-0.39, 0.29) is 0 Å². The SMILES string of the molecule is CCc1nc2c(n1CC1CCCN1CC)CCNC2. The fourth-order valence-electron chi connectivity index (χ4n) is 3.64. The third kappa shape index (κ3) is 2.43. The van der Waals surface area contributed by atoms with Gasteiger partial charge in [0.1, 0.15) is 5.82 Å². The Balaban J connectivity index is 1.85. The molecule has 1 atom stereocenters. The number of nitrogens with one attached hydrogen (secondary N) is 1. The number of likely N-dealkylation sites (N-methyl/N-ethyl adjacent to an activating group) is 1. The van der Waals surface area contributed by atoms with Crippen molar-refractivity contribution in [2.24, 2.45) is 0 Å². The van der Waals surface area contributed by atoms with Crippen molar-refractivity contribution in [2.75, 3.05) is 19.6 Å². The van der Waals surface area contributed by atoms with Gasteiger partial charge in [-0.3, -0.25) is 4.90 Å². The lowest BCUT2D eigenvalue weighted by molar-refractivity contribution is 0.241. The molecule has 4 heteroatoms. The summed E-state index contributed by atoms with van der Waals surface area (Å²) in [6.07, 6.45) is 4.90. The summed E-state index contributed by atoms with van der Waals surface area (Å²) in [6.45, 7) is 10.2. The normalized spacial score (nSPS) is 23.8. The van der Waals surface area contributed by atoms with E-state index in [1.807, 2.05) is 0 Å². The first-order chi connectivity index (χ1) is 9.33. The van der Waals surface area contributed by atoms with E-state index in [4.69, 9.17) is 4.98 Å². The molecule has 3 rings (SSSR count). The smallest absolute Gasteiger partial charge is 0.109 e. The molecule has 1 N–H and O–H groups in total. The number of hydrogen-bond acceptors (Lipinski definition) is 3. The lowest BCUT2D eigenvalue weighted by Crippen LogP contribution is -2.34. The highest BCUT2D eigenvalue weighted by molar-refractivity contribution is 5.20. The molecule has 0 saturated carbocycles. The molecule has 1 aromatic rings. The van der Waals surface area contributed by atoms with Crippen LogP contribution in [0.4, 0.5) is 0 Å². The van der Waals surface area contributed by atoms with Gasteiger partial charge in [-0.15, -0.1) is 0 Å². The highest BCUT2D eigenvalue weighted by Crippen LogP contribution is 2.23. The molecule has 0 aromatic carbocycles. The second kappa shape index (κ2) is 5.63. The lowest BCUT2D eigenvalue weighted by atomic mass is 10.1. The van der Waals surface area contributed by atoms with Gasteiger partial charge >= 0.3 is 0 Å².